The number of aromatic nitrogens is 2. The number of nitrogens with zero attached hydrogens (tertiary/aromatic N) is 2. The van der Waals surface area contributed by atoms with Crippen LogP contribution in [-0.4, -0.2) is 15.1 Å². The highest BCUT2D eigenvalue weighted by atomic mass is 19.4. The van der Waals surface area contributed by atoms with E-state index >= 15 is 0 Å². The second kappa shape index (κ2) is 5.23. The highest BCUT2D eigenvalue weighted by Crippen LogP contribution is 2.30. The molecule has 7 heteroatoms. The van der Waals surface area contributed by atoms with E-state index in [0.29, 0.717) is 11.5 Å². The van der Waals surface area contributed by atoms with Gasteiger partial charge in [-0.1, -0.05) is 0 Å². The van der Waals surface area contributed by atoms with Crippen molar-refractivity contribution >= 4 is 11.5 Å². The van der Waals surface area contributed by atoms with Crippen LogP contribution >= 0.6 is 0 Å². The molecule has 0 unspecified atom stereocenters. The third kappa shape index (κ3) is 3.41. The van der Waals surface area contributed by atoms with Crippen molar-refractivity contribution < 1.29 is 18.3 Å². The summed E-state index contributed by atoms with van der Waals surface area (Å²) in [6.45, 7) is -0.303. The molecule has 1 aromatic carbocycles. The van der Waals surface area contributed by atoms with Gasteiger partial charge in [0.05, 0.1) is 5.56 Å². The van der Waals surface area contributed by atoms with Crippen molar-refractivity contribution in [1.82, 2.24) is 9.97 Å². The third-order valence-corrected chi connectivity index (χ3v) is 2.33. The molecule has 0 fully saturated rings. The molecule has 2 rings (SSSR count). The second-order valence-corrected chi connectivity index (χ2v) is 3.72. The Morgan fingerprint density at radius 3 is 2.37 bits per heavy atom. The maximum absolute atomic E-state index is 12.4. The highest BCUT2D eigenvalue weighted by Gasteiger charge is 2.29. The van der Waals surface area contributed by atoms with Crippen molar-refractivity contribution in [2.45, 2.75) is 12.8 Å². The predicted molar refractivity (Wildman–Crippen MR) is 62.7 cm³/mol. The molecule has 2 aromatic rings. The molecule has 0 aliphatic carbocycles. The normalized spacial score (nSPS) is 11.4. The Balaban J connectivity index is 2.15. The number of rotatable bonds is 3. The number of aliphatic hydroxyl groups is 1. The molecule has 0 aliphatic rings. The average Bonchev–Trinajstić information content (AvgIpc) is 2.38. The minimum absolute atomic E-state index is 0.233. The van der Waals surface area contributed by atoms with Crippen LogP contribution in [0.4, 0.5) is 24.7 Å². The van der Waals surface area contributed by atoms with E-state index in [1.807, 2.05) is 0 Å². The summed E-state index contributed by atoms with van der Waals surface area (Å²) in [5.41, 5.74) is -0.243. The number of halogens is 3. The van der Waals surface area contributed by atoms with Crippen LogP contribution in [0.5, 0.6) is 0 Å². The maximum atomic E-state index is 12.4. The first-order chi connectivity index (χ1) is 8.99. The zero-order valence-corrected chi connectivity index (χ0v) is 9.65. The van der Waals surface area contributed by atoms with Crippen LogP contribution < -0.4 is 5.32 Å². The number of hydrogen-bond donors (Lipinski definition) is 2. The number of anilines is 2. The summed E-state index contributed by atoms with van der Waals surface area (Å²) in [6.07, 6.45) is -2.90. The first kappa shape index (κ1) is 13.3. The standard InChI is InChI=1S/C12H10F3N3O/c13-12(14,15)8-1-3-9(4-2-8)17-10-5-6-16-11(7-19)18-10/h1-6,19H,7H2,(H,16,17,18). The van der Waals surface area contributed by atoms with Crippen LogP contribution in [0.15, 0.2) is 36.5 Å². The summed E-state index contributed by atoms with van der Waals surface area (Å²) in [5.74, 6) is 0.635. The Hall–Kier alpha value is -2.15. The van der Waals surface area contributed by atoms with Gasteiger partial charge in [-0.15, -0.1) is 0 Å². The average molecular weight is 269 g/mol. The highest BCUT2D eigenvalue weighted by molar-refractivity contribution is 5.56. The molecule has 2 N–H and O–H groups in total. The van der Waals surface area contributed by atoms with Crippen LogP contribution in [0.3, 0.4) is 0 Å². The monoisotopic (exact) mass is 269 g/mol. The lowest BCUT2D eigenvalue weighted by Gasteiger charge is -2.09. The number of hydrogen-bond acceptors (Lipinski definition) is 4. The van der Waals surface area contributed by atoms with Gasteiger partial charge in [-0.3, -0.25) is 0 Å². The fourth-order valence-electron chi connectivity index (χ4n) is 1.44. The van der Waals surface area contributed by atoms with E-state index in [0.717, 1.165) is 12.1 Å². The van der Waals surface area contributed by atoms with Crippen molar-refractivity contribution in [3.8, 4) is 0 Å². The second-order valence-electron chi connectivity index (χ2n) is 3.72. The van der Waals surface area contributed by atoms with Gasteiger partial charge in [-0.2, -0.15) is 13.2 Å². The number of nitrogens with one attached hydrogen (secondary N) is 1. The molecular formula is C12H10F3N3O. The fourth-order valence-corrected chi connectivity index (χ4v) is 1.44. The molecule has 0 radical (unpaired) electrons. The summed E-state index contributed by atoms with van der Waals surface area (Å²) in [5, 5.41) is 11.7. The van der Waals surface area contributed by atoms with E-state index in [9.17, 15) is 13.2 Å². The van der Waals surface area contributed by atoms with Crippen molar-refractivity contribution in [3.63, 3.8) is 0 Å². The Kier molecular flexibility index (Phi) is 3.66. The van der Waals surface area contributed by atoms with Crippen LogP contribution in [0.2, 0.25) is 0 Å². The molecule has 1 aromatic heterocycles. The Labute approximate surface area is 106 Å². The zero-order chi connectivity index (χ0) is 13.9. The number of aliphatic hydroxyl groups excluding tert-OH is 1. The largest absolute Gasteiger partial charge is 0.416 e. The summed E-state index contributed by atoms with van der Waals surface area (Å²) in [6, 6.07) is 6.14. The van der Waals surface area contributed by atoms with E-state index < -0.39 is 11.7 Å². The lowest BCUT2D eigenvalue weighted by Crippen LogP contribution is -2.04. The molecule has 0 spiro atoms. The molecule has 0 amide bonds. The van der Waals surface area contributed by atoms with E-state index in [2.05, 4.69) is 15.3 Å². The minimum Gasteiger partial charge on any atom is -0.388 e. The first-order valence-corrected chi connectivity index (χ1v) is 5.36. The maximum Gasteiger partial charge on any atom is 0.416 e. The topological polar surface area (TPSA) is 58.0 Å². The van der Waals surface area contributed by atoms with Gasteiger partial charge in [-0.25, -0.2) is 9.97 Å². The summed E-state index contributed by atoms with van der Waals surface area (Å²) >= 11 is 0. The number of alkyl halides is 3. The van der Waals surface area contributed by atoms with Crippen molar-refractivity contribution in [1.29, 1.82) is 0 Å². The Morgan fingerprint density at radius 1 is 1.11 bits per heavy atom. The van der Waals surface area contributed by atoms with E-state index in [1.165, 1.54) is 18.3 Å². The lowest BCUT2D eigenvalue weighted by molar-refractivity contribution is -0.137. The third-order valence-electron chi connectivity index (χ3n) is 2.33. The molecule has 4 nitrogen and oxygen atoms in total. The summed E-state index contributed by atoms with van der Waals surface area (Å²) in [7, 11) is 0. The Bertz CT molecular complexity index is 555. The van der Waals surface area contributed by atoms with Crippen LogP contribution in [0.25, 0.3) is 0 Å². The SMILES string of the molecule is OCc1nccc(Nc2ccc(C(F)(F)F)cc2)n1. The zero-order valence-electron chi connectivity index (χ0n) is 9.65. The molecule has 0 atom stereocenters. The molecular weight excluding hydrogens is 259 g/mol. The van der Waals surface area contributed by atoms with Gasteiger partial charge in [-0.05, 0) is 30.3 Å². The van der Waals surface area contributed by atoms with Gasteiger partial charge in [0.2, 0.25) is 0 Å². The summed E-state index contributed by atoms with van der Waals surface area (Å²) < 4.78 is 37.1. The smallest absolute Gasteiger partial charge is 0.388 e. The predicted octanol–water partition coefficient (Wildman–Crippen LogP) is 2.73. The van der Waals surface area contributed by atoms with E-state index in [4.69, 9.17) is 5.11 Å². The van der Waals surface area contributed by atoms with Crippen molar-refractivity contribution in [3.05, 3.63) is 47.9 Å². The molecule has 0 aliphatic heterocycles. The van der Waals surface area contributed by atoms with Gasteiger partial charge in [0, 0.05) is 11.9 Å². The lowest BCUT2D eigenvalue weighted by atomic mass is 10.2. The summed E-state index contributed by atoms with van der Waals surface area (Å²) in [4.78, 5) is 7.76. The molecule has 100 valence electrons. The van der Waals surface area contributed by atoms with Gasteiger partial charge in [0.1, 0.15) is 12.4 Å². The van der Waals surface area contributed by atoms with Gasteiger partial charge in [0.15, 0.2) is 5.82 Å². The van der Waals surface area contributed by atoms with E-state index in [1.54, 1.807) is 6.07 Å². The first-order valence-electron chi connectivity index (χ1n) is 5.36. The van der Waals surface area contributed by atoms with Crippen molar-refractivity contribution in [2.24, 2.45) is 0 Å². The molecule has 0 saturated carbocycles. The molecule has 1 heterocycles. The van der Waals surface area contributed by atoms with Gasteiger partial charge in [0.25, 0.3) is 0 Å². The Morgan fingerprint density at radius 2 is 1.79 bits per heavy atom. The molecule has 19 heavy (non-hydrogen) atoms. The fraction of sp³-hybridized carbons (Fsp3) is 0.167. The molecule has 0 bridgehead atoms. The molecule has 0 saturated heterocycles. The van der Waals surface area contributed by atoms with Gasteiger partial charge >= 0.3 is 6.18 Å². The van der Waals surface area contributed by atoms with Crippen molar-refractivity contribution in [2.75, 3.05) is 5.32 Å². The minimum atomic E-state index is -4.35. The van der Waals surface area contributed by atoms with E-state index in [-0.39, 0.29) is 12.4 Å². The van der Waals surface area contributed by atoms with Crippen LogP contribution in [0.1, 0.15) is 11.4 Å². The van der Waals surface area contributed by atoms with Crippen LogP contribution in [0, 0.1) is 0 Å². The number of benzene rings is 1. The quantitative estimate of drug-likeness (QED) is 0.899. The van der Waals surface area contributed by atoms with Crippen LogP contribution in [-0.2, 0) is 12.8 Å². The van der Waals surface area contributed by atoms with Gasteiger partial charge < -0.3 is 10.4 Å².